The fourth-order valence-electron chi connectivity index (χ4n) is 1.96. The Hall–Kier alpha value is -3.27. The van der Waals surface area contributed by atoms with Crippen molar-refractivity contribution in [3.8, 4) is 5.75 Å². The summed E-state index contributed by atoms with van der Waals surface area (Å²) in [6.07, 6.45) is 10.6. The molecule has 4 nitrogen and oxygen atoms in total. The standard InChI is InChI=1S/C19H14N2O2/c22-19(17-2-1-11-21-14-17)23-18-7-5-15(6-8-18)3-4-16-9-12-20-13-10-16/h1-14H/b4-3+. The third-order valence-corrected chi connectivity index (χ3v) is 3.16. The number of aromatic nitrogens is 2. The molecule has 3 aromatic rings. The Morgan fingerprint density at radius 1 is 0.826 bits per heavy atom. The average molecular weight is 302 g/mol. The topological polar surface area (TPSA) is 52.1 Å². The van der Waals surface area contributed by atoms with Crippen LogP contribution in [0.15, 0.2) is 73.3 Å². The number of rotatable bonds is 4. The van der Waals surface area contributed by atoms with E-state index in [2.05, 4.69) is 9.97 Å². The van der Waals surface area contributed by atoms with Crippen LogP contribution in [0, 0.1) is 0 Å². The molecule has 0 unspecified atom stereocenters. The minimum atomic E-state index is -0.418. The first kappa shape index (κ1) is 14.7. The molecule has 0 amide bonds. The van der Waals surface area contributed by atoms with Gasteiger partial charge in [-0.05, 0) is 47.5 Å². The molecule has 0 saturated carbocycles. The molecule has 0 aliphatic carbocycles. The van der Waals surface area contributed by atoms with Gasteiger partial charge in [-0.15, -0.1) is 0 Å². The third kappa shape index (κ3) is 4.11. The van der Waals surface area contributed by atoms with E-state index in [9.17, 15) is 4.79 Å². The predicted molar refractivity (Wildman–Crippen MR) is 88.8 cm³/mol. The van der Waals surface area contributed by atoms with Crippen molar-refractivity contribution in [2.24, 2.45) is 0 Å². The molecule has 2 aromatic heterocycles. The van der Waals surface area contributed by atoms with E-state index < -0.39 is 5.97 Å². The highest BCUT2D eigenvalue weighted by molar-refractivity contribution is 5.90. The maximum absolute atomic E-state index is 11.9. The number of ether oxygens (including phenoxy) is 1. The molecule has 0 radical (unpaired) electrons. The minimum Gasteiger partial charge on any atom is -0.423 e. The molecule has 0 fully saturated rings. The van der Waals surface area contributed by atoms with Crippen LogP contribution in [0.25, 0.3) is 12.2 Å². The number of hydrogen-bond donors (Lipinski definition) is 0. The van der Waals surface area contributed by atoms with E-state index in [1.807, 2.05) is 36.4 Å². The molecule has 2 heterocycles. The molecule has 0 bridgehead atoms. The number of pyridine rings is 2. The molecule has 0 spiro atoms. The number of esters is 1. The van der Waals surface area contributed by atoms with Gasteiger partial charge in [0.2, 0.25) is 0 Å². The summed E-state index contributed by atoms with van der Waals surface area (Å²) in [7, 11) is 0. The van der Waals surface area contributed by atoms with E-state index in [-0.39, 0.29) is 0 Å². The van der Waals surface area contributed by atoms with E-state index in [1.165, 1.54) is 6.20 Å². The predicted octanol–water partition coefficient (Wildman–Crippen LogP) is 3.87. The van der Waals surface area contributed by atoms with E-state index in [0.717, 1.165) is 11.1 Å². The van der Waals surface area contributed by atoms with Crippen molar-refractivity contribution in [3.63, 3.8) is 0 Å². The molecule has 3 rings (SSSR count). The average Bonchev–Trinajstić information content (AvgIpc) is 2.63. The van der Waals surface area contributed by atoms with Crippen molar-refractivity contribution in [1.82, 2.24) is 9.97 Å². The summed E-state index contributed by atoms with van der Waals surface area (Å²) in [4.78, 5) is 19.8. The van der Waals surface area contributed by atoms with Gasteiger partial charge in [0.25, 0.3) is 0 Å². The van der Waals surface area contributed by atoms with Crippen molar-refractivity contribution < 1.29 is 9.53 Å². The van der Waals surface area contributed by atoms with E-state index in [4.69, 9.17) is 4.74 Å². The van der Waals surface area contributed by atoms with Crippen LogP contribution in [-0.2, 0) is 0 Å². The van der Waals surface area contributed by atoms with Crippen LogP contribution in [0.1, 0.15) is 21.5 Å². The fourth-order valence-corrected chi connectivity index (χ4v) is 1.96. The van der Waals surface area contributed by atoms with Crippen LogP contribution in [0.3, 0.4) is 0 Å². The van der Waals surface area contributed by atoms with Crippen LogP contribution < -0.4 is 4.74 Å². The van der Waals surface area contributed by atoms with Gasteiger partial charge in [-0.2, -0.15) is 0 Å². The van der Waals surface area contributed by atoms with Gasteiger partial charge in [0, 0.05) is 24.8 Å². The lowest BCUT2D eigenvalue weighted by molar-refractivity contribution is 0.0734. The van der Waals surface area contributed by atoms with Gasteiger partial charge in [-0.3, -0.25) is 9.97 Å². The molecular weight excluding hydrogens is 288 g/mol. The minimum absolute atomic E-state index is 0.418. The molecule has 23 heavy (non-hydrogen) atoms. The van der Waals surface area contributed by atoms with Crippen LogP contribution in [0.2, 0.25) is 0 Å². The normalized spacial score (nSPS) is 10.6. The third-order valence-electron chi connectivity index (χ3n) is 3.16. The number of hydrogen-bond acceptors (Lipinski definition) is 4. The Bertz CT molecular complexity index is 798. The Balaban J connectivity index is 1.65. The first-order valence-electron chi connectivity index (χ1n) is 7.12. The van der Waals surface area contributed by atoms with Crippen LogP contribution in [0.5, 0.6) is 5.75 Å². The number of nitrogens with zero attached hydrogens (tertiary/aromatic N) is 2. The second-order valence-corrected chi connectivity index (χ2v) is 4.81. The highest BCUT2D eigenvalue weighted by Crippen LogP contribution is 2.16. The Morgan fingerprint density at radius 2 is 1.52 bits per heavy atom. The number of benzene rings is 1. The fraction of sp³-hybridized carbons (Fsp3) is 0. The molecule has 1 aromatic carbocycles. The Kier molecular flexibility index (Phi) is 4.55. The molecular formula is C19H14N2O2. The van der Waals surface area contributed by atoms with Crippen molar-refractivity contribution in [1.29, 1.82) is 0 Å². The quantitative estimate of drug-likeness (QED) is 0.542. The van der Waals surface area contributed by atoms with Gasteiger partial charge < -0.3 is 4.74 Å². The van der Waals surface area contributed by atoms with Crippen molar-refractivity contribution >= 4 is 18.1 Å². The largest absolute Gasteiger partial charge is 0.423 e. The van der Waals surface area contributed by atoms with Gasteiger partial charge in [0.05, 0.1) is 5.56 Å². The van der Waals surface area contributed by atoms with E-state index in [0.29, 0.717) is 11.3 Å². The maximum Gasteiger partial charge on any atom is 0.345 e. The molecule has 0 aliphatic rings. The molecule has 112 valence electrons. The summed E-state index contributed by atoms with van der Waals surface area (Å²) < 4.78 is 5.31. The van der Waals surface area contributed by atoms with Crippen molar-refractivity contribution in [3.05, 3.63) is 90.0 Å². The zero-order valence-electron chi connectivity index (χ0n) is 12.3. The van der Waals surface area contributed by atoms with Crippen LogP contribution in [-0.4, -0.2) is 15.9 Å². The summed E-state index contributed by atoms with van der Waals surface area (Å²) in [6.45, 7) is 0. The zero-order chi connectivity index (χ0) is 15.9. The van der Waals surface area contributed by atoms with E-state index >= 15 is 0 Å². The summed E-state index contributed by atoms with van der Waals surface area (Å²) >= 11 is 0. The molecule has 0 saturated heterocycles. The highest BCUT2D eigenvalue weighted by atomic mass is 16.5. The van der Waals surface area contributed by atoms with Crippen LogP contribution >= 0.6 is 0 Å². The van der Waals surface area contributed by atoms with Gasteiger partial charge in [0.1, 0.15) is 5.75 Å². The van der Waals surface area contributed by atoms with Gasteiger partial charge in [-0.1, -0.05) is 24.3 Å². The highest BCUT2D eigenvalue weighted by Gasteiger charge is 2.07. The lowest BCUT2D eigenvalue weighted by Gasteiger charge is -2.04. The second kappa shape index (κ2) is 7.13. The van der Waals surface area contributed by atoms with Gasteiger partial charge in [0.15, 0.2) is 0 Å². The Morgan fingerprint density at radius 3 is 2.17 bits per heavy atom. The lowest BCUT2D eigenvalue weighted by atomic mass is 10.1. The molecule has 0 N–H and O–H groups in total. The molecule has 4 heteroatoms. The summed E-state index contributed by atoms with van der Waals surface area (Å²) in [6, 6.07) is 14.5. The van der Waals surface area contributed by atoms with Crippen molar-refractivity contribution in [2.75, 3.05) is 0 Å². The van der Waals surface area contributed by atoms with Gasteiger partial charge in [-0.25, -0.2) is 4.79 Å². The summed E-state index contributed by atoms with van der Waals surface area (Å²) in [5, 5.41) is 0. The summed E-state index contributed by atoms with van der Waals surface area (Å²) in [5.74, 6) is 0.0816. The SMILES string of the molecule is O=C(Oc1ccc(/C=C/c2ccncc2)cc1)c1cccnc1. The number of carbonyl (C=O) groups excluding carboxylic acids is 1. The zero-order valence-corrected chi connectivity index (χ0v) is 12.3. The first-order chi connectivity index (χ1) is 11.3. The van der Waals surface area contributed by atoms with Crippen LogP contribution in [0.4, 0.5) is 0 Å². The second-order valence-electron chi connectivity index (χ2n) is 4.81. The first-order valence-corrected chi connectivity index (χ1v) is 7.12. The summed E-state index contributed by atoms with van der Waals surface area (Å²) in [5.41, 5.74) is 2.52. The Labute approximate surface area is 134 Å². The number of carbonyl (C=O) groups is 1. The molecule has 0 atom stereocenters. The molecule has 0 aliphatic heterocycles. The lowest BCUT2D eigenvalue weighted by Crippen LogP contribution is -2.08. The smallest absolute Gasteiger partial charge is 0.345 e. The van der Waals surface area contributed by atoms with E-state index in [1.54, 1.807) is 42.9 Å². The monoisotopic (exact) mass is 302 g/mol. The van der Waals surface area contributed by atoms with Gasteiger partial charge >= 0.3 is 5.97 Å². The maximum atomic E-state index is 11.9. The van der Waals surface area contributed by atoms with Crippen molar-refractivity contribution in [2.45, 2.75) is 0 Å².